The molecule has 0 fully saturated rings. The van der Waals surface area contributed by atoms with Crippen LogP contribution in [0.5, 0.6) is 0 Å². The van der Waals surface area contributed by atoms with Crippen LogP contribution in [-0.2, 0) is 0 Å². The lowest BCUT2D eigenvalue weighted by Gasteiger charge is -1.99. The molecular weight excluding hydrogens is 262 g/mol. The largest absolute Gasteiger partial charge is 0.399 e. The van der Waals surface area contributed by atoms with Gasteiger partial charge in [-0.05, 0) is 18.2 Å². The SMILES string of the molecule is Nc1ccc(-c2nc(-c3ccccc3)no2)c(Cl)c1. The summed E-state index contributed by atoms with van der Waals surface area (Å²) in [5, 5.41) is 4.44. The summed E-state index contributed by atoms with van der Waals surface area (Å²) in [6.07, 6.45) is 0. The number of halogens is 1. The normalized spacial score (nSPS) is 10.6. The molecule has 0 radical (unpaired) electrons. The van der Waals surface area contributed by atoms with Crippen molar-refractivity contribution >= 4 is 17.3 Å². The first kappa shape index (κ1) is 11.7. The van der Waals surface area contributed by atoms with Crippen LogP contribution in [0.4, 0.5) is 5.69 Å². The van der Waals surface area contributed by atoms with Crippen LogP contribution >= 0.6 is 11.6 Å². The molecular formula is C14H10ClN3O. The van der Waals surface area contributed by atoms with Crippen LogP contribution in [0, 0.1) is 0 Å². The van der Waals surface area contributed by atoms with E-state index in [1.54, 1.807) is 18.2 Å². The van der Waals surface area contributed by atoms with Gasteiger partial charge in [0.15, 0.2) is 0 Å². The third kappa shape index (κ3) is 2.30. The average Bonchev–Trinajstić information content (AvgIpc) is 2.89. The quantitative estimate of drug-likeness (QED) is 0.723. The lowest BCUT2D eigenvalue weighted by atomic mass is 10.2. The van der Waals surface area contributed by atoms with Crippen molar-refractivity contribution in [3.05, 3.63) is 53.6 Å². The topological polar surface area (TPSA) is 64.9 Å². The van der Waals surface area contributed by atoms with Crippen molar-refractivity contribution in [1.29, 1.82) is 0 Å². The Labute approximate surface area is 114 Å². The van der Waals surface area contributed by atoms with E-state index in [0.29, 0.717) is 28.0 Å². The van der Waals surface area contributed by atoms with E-state index in [1.807, 2.05) is 30.3 Å². The molecule has 94 valence electrons. The smallest absolute Gasteiger partial charge is 0.259 e. The van der Waals surface area contributed by atoms with E-state index >= 15 is 0 Å². The van der Waals surface area contributed by atoms with Gasteiger partial charge >= 0.3 is 0 Å². The Bertz CT molecular complexity index is 710. The van der Waals surface area contributed by atoms with Gasteiger partial charge < -0.3 is 10.3 Å². The number of rotatable bonds is 2. The lowest BCUT2D eigenvalue weighted by molar-refractivity contribution is 0.432. The van der Waals surface area contributed by atoms with Gasteiger partial charge in [-0.2, -0.15) is 4.98 Å². The zero-order valence-corrected chi connectivity index (χ0v) is 10.6. The van der Waals surface area contributed by atoms with Crippen LogP contribution in [0.15, 0.2) is 53.1 Å². The van der Waals surface area contributed by atoms with Gasteiger partial charge in [0.2, 0.25) is 5.82 Å². The average molecular weight is 272 g/mol. The van der Waals surface area contributed by atoms with Crippen LogP contribution < -0.4 is 5.73 Å². The van der Waals surface area contributed by atoms with Crippen molar-refractivity contribution in [2.45, 2.75) is 0 Å². The van der Waals surface area contributed by atoms with Crippen molar-refractivity contribution in [1.82, 2.24) is 10.1 Å². The minimum absolute atomic E-state index is 0.379. The molecule has 0 amide bonds. The Balaban J connectivity index is 2.02. The highest BCUT2D eigenvalue weighted by molar-refractivity contribution is 6.33. The Morgan fingerprint density at radius 3 is 2.58 bits per heavy atom. The fourth-order valence-electron chi connectivity index (χ4n) is 1.74. The summed E-state index contributed by atoms with van der Waals surface area (Å²) < 4.78 is 5.24. The maximum absolute atomic E-state index is 6.11. The maximum Gasteiger partial charge on any atom is 0.259 e. The van der Waals surface area contributed by atoms with Crippen LogP contribution in [0.25, 0.3) is 22.8 Å². The van der Waals surface area contributed by atoms with Crippen LogP contribution in [-0.4, -0.2) is 10.1 Å². The molecule has 1 heterocycles. The summed E-state index contributed by atoms with van der Waals surface area (Å²) in [5.41, 5.74) is 7.81. The second-order valence-corrected chi connectivity index (χ2v) is 4.44. The number of nitrogen functional groups attached to an aromatic ring is 1. The Kier molecular flexibility index (Phi) is 2.93. The van der Waals surface area contributed by atoms with E-state index in [0.717, 1.165) is 5.56 Å². The molecule has 0 aliphatic rings. The van der Waals surface area contributed by atoms with Crippen molar-refractivity contribution in [2.24, 2.45) is 0 Å². The number of nitrogens with two attached hydrogens (primary N) is 1. The van der Waals surface area contributed by atoms with E-state index in [-0.39, 0.29) is 0 Å². The fourth-order valence-corrected chi connectivity index (χ4v) is 2.01. The predicted molar refractivity (Wildman–Crippen MR) is 74.6 cm³/mol. The van der Waals surface area contributed by atoms with Crippen LogP contribution in [0.3, 0.4) is 0 Å². The summed E-state index contributed by atoms with van der Waals surface area (Å²) >= 11 is 6.11. The molecule has 3 rings (SSSR count). The van der Waals surface area contributed by atoms with Gasteiger partial charge in [0.25, 0.3) is 5.89 Å². The van der Waals surface area contributed by atoms with Gasteiger partial charge in [0, 0.05) is 11.3 Å². The van der Waals surface area contributed by atoms with Crippen molar-refractivity contribution in [3.8, 4) is 22.8 Å². The van der Waals surface area contributed by atoms with Gasteiger partial charge in [-0.25, -0.2) is 0 Å². The first-order chi connectivity index (χ1) is 9.24. The molecule has 0 unspecified atom stereocenters. The zero-order chi connectivity index (χ0) is 13.2. The summed E-state index contributed by atoms with van der Waals surface area (Å²) in [6.45, 7) is 0. The van der Waals surface area contributed by atoms with Crippen molar-refractivity contribution in [3.63, 3.8) is 0 Å². The minimum atomic E-state index is 0.379. The number of anilines is 1. The molecule has 4 nitrogen and oxygen atoms in total. The third-order valence-corrected chi connectivity index (χ3v) is 2.99. The molecule has 0 bridgehead atoms. The number of benzene rings is 2. The van der Waals surface area contributed by atoms with Gasteiger partial charge in [-0.15, -0.1) is 0 Å². The van der Waals surface area contributed by atoms with Gasteiger partial charge in [-0.3, -0.25) is 0 Å². The predicted octanol–water partition coefficient (Wildman–Crippen LogP) is 3.64. The molecule has 0 aliphatic heterocycles. The monoisotopic (exact) mass is 271 g/mol. The Morgan fingerprint density at radius 2 is 1.84 bits per heavy atom. The highest BCUT2D eigenvalue weighted by Crippen LogP contribution is 2.29. The first-order valence-corrected chi connectivity index (χ1v) is 6.06. The Morgan fingerprint density at radius 1 is 1.05 bits per heavy atom. The summed E-state index contributed by atoms with van der Waals surface area (Å²) in [6, 6.07) is 14.8. The molecule has 0 spiro atoms. The second-order valence-electron chi connectivity index (χ2n) is 4.03. The summed E-state index contributed by atoms with van der Waals surface area (Å²) in [5.74, 6) is 0.910. The molecule has 1 aromatic heterocycles. The number of aromatic nitrogens is 2. The number of nitrogens with zero attached hydrogens (tertiary/aromatic N) is 2. The third-order valence-electron chi connectivity index (χ3n) is 2.68. The Hall–Kier alpha value is -2.33. The lowest BCUT2D eigenvalue weighted by Crippen LogP contribution is -1.86. The molecule has 2 N–H and O–H groups in total. The zero-order valence-electron chi connectivity index (χ0n) is 9.88. The standard InChI is InChI=1S/C14H10ClN3O/c15-12-8-10(16)6-7-11(12)14-17-13(18-19-14)9-4-2-1-3-5-9/h1-8H,16H2. The highest BCUT2D eigenvalue weighted by atomic mass is 35.5. The van der Waals surface area contributed by atoms with Gasteiger partial charge in [-0.1, -0.05) is 47.1 Å². The van der Waals surface area contributed by atoms with Crippen LogP contribution in [0.1, 0.15) is 0 Å². The number of hydrogen-bond acceptors (Lipinski definition) is 4. The second kappa shape index (κ2) is 4.74. The molecule has 2 aromatic carbocycles. The maximum atomic E-state index is 6.11. The van der Waals surface area contributed by atoms with Gasteiger partial charge in [0.1, 0.15) is 0 Å². The molecule has 0 atom stereocenters. The minimum Gasteiger partial charge on any atom is -0.399 e. The van der Waals surface area contributed by atoms with E-state index < -0.39 is 0 Å². The molecule has 0 saturated carbocycles. The summed E-state index contributed by atoms with van der Waals surface area (Å²) in [4.78, 5) is 4.34. The molecule has 19 heavy (non-hydrogen) atoms. The molecule has 3 aromatic rings. The van der Waals surface area contributed by atoms with Crippen LogP contribution in [0.2, 0.25) is 5.02 Å². The molecule has 5 heteroatoms. The number of hydrogen-bond donors (Lipinski definition) is 1. The first-order valence-electron chi connectivity index (χ1n) is 5.68. The van der Waals surface area contributed by atoms with E-state index in [2.05, 4.69) is 10.1 Å². The van der Waals surface area contributed by atoms with E-state index in [1.165, 1.54) is 0 Å². The highest BCUT2D eigenvalue weighted by Gasteiger charge is 2.13. The van der Waals surface area contributed by atoms with E-state index in [4.69, 9.17) is 21.9 Å². The van der Waals surface area contributed by atoms with Crippen molar-refractivity contribution in [2.75, 3.05) is 5.73 Å². The molecule has 0 aliphatic carbocycles. The molecule has 0 saturated heterocycles. The van der Waals surface area contributed by atoms with Crippen molar-refractivity contribution < 1.29 is 4.52 Å². The fraction of sp³-hybridized carbons (Fsp3) is 0. The summed E-state index contributed by atoms with van der Waals surface area (Å²) in [7, 11) is 0. The van der Waals surface area contributed by atoms with Gasteiger partial charge in [0.05, 0.1) is 10.6 Å². The van der Waals surface area contributed by atoms with E-state index in [9.17, 15) is 0 Å².